The lowest BCUT2D eigenvalue weighted by Crippen LogP contribution is -1.98. The number of nitrogens with zero attached hydrogens (tertiary/aromatic N) is 3. The molecule has 0 aliphatic heterocycles. The SMILES string of the molecule is Cc1nc(N)ncc1-c1ccccn1. The quantitative estimate of drug-likeness (QED) is 0.731. The fourth-order valence-corrected chi connectivity index (χ4v) is 1.26. The Morgan fingerprint density at radius 2 is 2.07 bits per heavy atom. The van der Waals surface area contributed by atoms with Crippen LogP contribution < -0.4 is 5.73 Å². The number of hydrogen-bond acceptors (Lipinski definition) is 4. The van der Waals surface area contributed by atoms with Crippen LogP contribution in [0.15, 0.2) is 30.6 Å². The lowest BCUT2D eigenvalue weighted by atomic mass is 10.1. The molecule has 0 fully saturated rings. The molecule has 0 aliphatic carbocycles. The molecule has 0 radical (unpaired) electrons. The molecule has 0 spiro atoms. The average Bonchev–Trinajstić information content (AvgIpc) is 2.19. The van der Waals surface area contributed by atoms with Crippen LogP contribution in [0.3, 0.4) is 0 Å². The first-order chi connectivity index (χ1) is 6.77. The number of hydrogen-bond donors (Lipinski definition) is 1. The lowest BCUT2D eigenvalue weighted by molar-refractivity contribution is 1.11. The van der Waals surface area contributed by atoms with Gasteiger partial charge in [0.15, 0.2) is 0 Å². The summed E-state index contributed by atoms with van der Waals surface area (Å²) in [4.78, 5) is 12.2. The first kappa shape index (κ1) is 8.62. The van der Waals surface area contributed by atoms with Gasteiger partial charge in [0.1, 0.15) is 0 Å². The Morgan fingerprint density at radius 3 is 2.71 bits per heavy atom. The smallest absolute Gasteiger partial charge is 0.220 e. The van der Waals surface area contributed by atoms with E-state index in [2.05, 4.69) is 15.0 Å². The second kappa shape index (κ2) is 3.41. The number of aromatic nitrogens is 3. The van der Waals surface area contributed by atoms with Gasteiger partial charge in [-0.1, -0.05) is 6.07 Å². The summed E-state index contributed by atoms with van der Waals surface area (Å²) in [5.41, 5.74) is 8.09. The van der Waals surface area contributed by atoms with Gasteiger partial charge in [-0.25, -0.2) is 9.97 Å². The summed E-state index contributed by atoms with van der Waals surface area (Å²) in [6, 6.07) is 5.72. The Morgan fingerprint density at radius 1 is 1.21 bits per heavy atom. The van der Waals surface area contributed by atoms with Crippen molar-refractivity contribution in [2.75, 3.05) is 5.73 Å². The van der Waals surface area contributed by atoms with Gasteiger partial charge in [-0.05, 0) is 19.1 Å². The Kier molecular flexibility index (Phi) is 2.10. The maximum atomic E-state index is 5.46. The van der Waals surface area contributed by atoms with Crippen molar-refractivity contribution in [1.82, 2.24) is 15.0 Å². The first-order valence-electron chi connectivity index (χ1n) is 4.28. The van der Waals surface area contributed by atoms with Crippen LogP contribution in [-0.4, -0.2) is 15.0 Å². The van der Waals surface area contributed by atoms with E-state index in [-0.39, 0.29) is 0 Å². The van der Waals surface area contributed by atoms with Gasteiger partial charge in [-0.2, -0.15) is 0 Å². The van der Waals surface area contributed by atoms with E-state index in [1.165, 1.54) is 0 Å². The topological polar surface area (TPSA) is 64.7 Å². The zero-order chi connectivity index (χ0) is 9.97. The summed E-state index contributed by atoms with van der Waals surface area (Å²) >= 11 is 0. The largest absolute Gasteiger partial charge is 0.368 e. The zero-order valence-corrected chi connectivity index (χ0v) is 7.81. The molecule has 4 nitrogen and oxygen atoms in total. The van der Waals surface area contributed by atoms with Gasteiger partial charge in [-0.15, -0.1) is 0 Å². The van der Waals surface area contributed by atoms with Gasteiger partial charge in [0.05, 0.1) is 11.4 Å². The molecule has 0 unspecified atom stereocenters. The van der Waals surface area contributed by atoms with Crippen molar-refractivity contribution in [2.45, 2.75) is 6.92 Å². The van der Waals surface area contributed by atoms with Crippen molar-refractivity contribution < 1.29 is 0 Å². The third-order valence-electron chi connectivity index (χ3n) is 1.94. The first-order valence-corrected chi connectivity index (χ1v) is 4.28. The van der Waals surface area contributed by atoms with Crippen molar-refractivity contribution in [3.63, 3.8) is 0 Å². The van der Waals surface area contributed by atoms with E-state index < -0.39 is 0 Å². The van der Waals surface area contributed by atoms with Crippen LogP contribution in [0, 0.1) is 6.92 Å². The predicted octanol–water partition coefficient (Wildman–Crippen LogP) is 1.43. The molecule has 2 N–H and O–H groups in total. The molecule has 0 aromatic carbocycles. The van der Waals surface area contributed by atoms with Crippen LogP contribution >= 0.6 is 0 Å². The van der Waals surface area contributed by atoms with Gasteiger partial charge in [0, 0.05) is 18.0 Å². The molecular weight excluding hydrogens is 176 g/mol. The summed E-state index contributed by atoms with van der Waals surface area (Å²) in [5.74, 6) is 0.294. The van der Waals surface area contributed by atoms with E-state index in [4.69, 9.17) is 5.73 Å². The minimum absolute atomic E-state index is 0.294. The van der Waals surface area contributed by atoms with Crippen molar-refractivity contribution in [1.29, 1.82) is 0 Å². The molecular formula is C10H10N4. The highest BCUT2D eigenvalue weighted by atomic mass is 15.0. The molecule has 2 aromatic heterocycles. The van der Waals surface area contributed by atoms with Crippen LogP contribution in [0.2, 0.25) is 0 Å². The Balaban J connectivity index is 2.53. The molecule has 2 aromatic rings. The van der Waals surface area contributed by atoms with Crippen molar-refractivity contribution >= 4 is 5.95 Å². The zero-order valence-electron chi connectivity index (χ0n) is 7.81. The van der Waals surface area contributed by atoms with E-state index in [1.807, 2.05) is 25.1 Å². The molecule has 0 bridgehead atoms. The Hall–Kier alpha value is -1.97. The molecule has 0 atom stereocenters. The second-order valence-corrected chi connectivity index (χ2v) is 2.94. The average molecular weight is 186 g/mol. The monoisotopic (exact) mass is 186 g/mol. The second-order valence-electron chi connectivity index (χ2n) is 2.94. The summed E-state index contributed by atoms with van der Waals surface area (Å²) in [7, 11) is 0. The minimum Gasteiger partial charge on any atom is -0.368 e. The van der Waals surface area contributed by atoms with E-state index in [1.54, 1.807) is 12.4 Å². The highest BCUT2D eigenvalue weighted by Crippen LogP contribution is 2.18. The minimum atomic E-state index is 0.294. The molecule has 70 valence electrons. The summed E-state index contributed by atoms with van der Waals surface area (Å²) in [6.45, 7) is 1.89. The summed E-state index contributed by atoms with van der Waals surface area (Å²) < 4.78 is 0. The van der Waals surface area contributed by atoms with Gasteiger partial charge in [-0.3, -0.25) is 4.98 Å². The van der Waals surface area contributed by atoms with Gasteiger partial charge in [0.25, 0.3) is 0 Å². The predicted molar refractivity (Wildman–Crippen MR) is 54.4 cm³/mol. The Labute approximate surface area is 81.9 Å². The molecule has 2 rings (SSSR count). The third kappa shape index (κ3) is 1.54. The lowest BCUT2D eigenvalue weighted by Gasteiger charge is -2.03. The van der Waals surface area contributed by atoms with E-state index in [9.17, 15) is 0 Å². The summed E-state index contributed by atoms with van der Waals surface area (Å²) in [6.07, 6.45) is 3.44. The van der Waals surface area contributed by atoms with E-state index in [0.717, 1.165) is 17.0 Å². The van der Waals surface area contributed by atoms with Crippen molar-refractivity contribution in [3.05, 3.63) is 36.3 Å². The van der Waals surface area contributed by atoms with Gasteiger partial charge >= 0.3 is 0 Å². The standard InChI is InChI=1S/C10H10N4/c1-7-8(6-13-10(11)14-7)9-4-2-3-5-12-9/h2-6H,1H3,(H2,11,13,14). The maximum Gasteiger partial charge on any atom is 0.220 e. The van der Waals surface area contributed by atoms with Crippen molar-refractivity contribution in [3.8, 4) is 11.3 Å². The number of pyridine rings is 1. The number of anilines is 1. The number of nitrogens with two attached hydrogens (primary N) is 1. The molecule has 2 heterocycles. The molecule has 0 amide bonds. The fraction of sp³-hybridized carbons (Fsp3) is 0.100. The van der Waals surface area contributed by atoms with Crippen LogP contribution in [0.5, 0.6) is 0 Å². The number of nitrogen functional groups attached to an aromatic ring is 1. The van der Waals surface area contributed by atoms with E-state index >= 15 is 0 Å². The highest BCUT2D eigenvalue weighted by Gasteiger charge is 2.04. The number of aryl methyl sites for hydroxylation is 1. The summed E-state index contributed by atoms with van der Waals surface area (Å²) in [5, 5.41) is 0. The van der Waals surface area contributed by atoms with Gasteiger partial charge in [0.2, 0.25) is 5.95 Å². The molecule has 0 saturated heterocycles. The maximum absolute atomic E-state index is 5.46. The van der Waals surface area contributed by atoms with Crippen LogP contribution in [0.4, 0.5) is 5.95 Å². The van der Waals surface area contributed by atoms with E-state index in [0.29, 0.717) is 5.95 Å². The van der Waals surface area contributed by atoms with Crippen LogP contribution in [0.1, 0.15) is 5.69 Å². The third-order valence-corrected chi connectivity index (χ3v) is 1.94. The van der Waals surface area contributed by atoms with Crippen LogP contribution in [0.25, 0.3) is 11.3 Å². The van der Waals surface area contributed by atoms with Crippen molar-refractivity contribution in [2.24, 2.45) is 0 Å². The number of rotatable bonds is 1. The molecule has 0 aliphatic rings. The molecule has 4 heteroatoms. The van der Waals surface area contributed by atoms with Gasteiger partial charge < -0.3 is 5.73 Å². The fourth-order valence-electron chi connectivity index (χ4n) is 1.26. The van der Waals surface area contributed by atoms with Crippen LogP contribution in [-0.2, 0) is 0 Å². The highest BCUT2D eigenvalue weighted by molar-refractivity contribution is 5.60. The molecule has 14 heavy (non-hydrogen) atoms. The Bertz CT molecular complexity index is 439. The molecule has 0 saturated carbocycles. The normalized spacial score (nSPS) is 10.1.